The first kappa shape index (κ1) is 15.3. The summed E-state index contributed by atoms with van der Waals surface area (Å²) in [7, 11) is 0. The van der Waals surface area contributed by atoms with Crippen molar-refractivity contribution >= 4 is 17.6 Å². The van der Waals surface area contributed by atoms with E-state index in [4.69, 9.17) is 4.74 Å². The molecule has 1 aromatic carbocycles. The summed E-state index contributed by atoms with van der Waals surface area (Å²) < 4.78 is 5.19. The standard InChI is InChI=1S/C17H21NO3/c1-12-7-9-15(10-8-12)18-17(20)13(2)21-16(19)11-14-5-3-4-6-14/h3,5,7-10,13-14H,4,6,11H2,1-2H3,(H,18,20)/t13-,14-/m1/s1. The first-order valence-electron chi connectivity index (χ1n) is 7.28. The normalized spacial score (nSPS) is 18.3. The van der Waals surface area contributed by atoms with Crippen molar-refractivity contribution in [2.75, 3.05) is 5.32 Å². The zero-order valence-corrected chi connectivity index (χ0v) is 12.5. The molecule has 1 aliphatic carbocycles. The van der Waals surface area contributed by atoms with E-state index in [1.807, 2.05) is 37.3 Å². The second-order valence-corrected chi connectivity index (χ2v) is 5.46. The Hall–Kier alpha value is -2.10. The molecule has 0 aliphatic heterocycles. The number of carbonyl (C=O) groups excluding carboxylic acids is 2. The molecule has 1 amide bonds. The highest BCUT2D eigenvalue weighted by atomic mass is 16.5. The number of benzene rings is 1. The zero-order chi connectivity index (χ0) is 15.2. The summed E-state index contributed by atoms with van der Waals surface area (Å²) >= 11 is 0. The topological polar surface area (TPSA) is 55.4 Å². The van der Waals surface area contributed by atoms with E-state index in [1.54, 1.807) is 6.92 Å². The molecule has 1 aromatic rings. The number of hydrogen-bond acceptors (Lipinski definition) is 3. The van der Waals surface area contributed by atoms with Crippen molar-refractivity contribution < 1.29 is 14.3 Å². The third-order valence-electron chi connectivity index (χ3n) is 3.54. The van der Waals surface area contributed by atoms with E-state index in [9.17, 15) is 9.59 Å². The van der Waals surface area contributed by atoms with E-state index in [-0.39, 0.29) is 17.8 Å². The molecule has 2 atom stereocenters. The van der Waals surface area contributed by atoms with Gasteiger partial charge in [0.1, 0.15) is 0 Å². The first-order valence-corrected chi connectivity index (χ1v) is 7.28. The van der Waals surface area contributed by atoms with E-state index in [0.717, 1.165) is 18.4 Å². The number of ether oxygens (including phenoxy) is 1. The van der Waals surface area contributed by atoms with Gasteiger partial charge in [-0.2, -0.15) is 0 Å². The minimum Gasteiger partial charge on any atom is -0.453 e. The minimum absolute atomic E-state index is 0.254. The molecule has 0 saturated carbocycles. The lowest BCUT2D eigenvalue weighted by Crippen LogP contribution is -2.30. The lowest BCUT2D eigenvalue weighted by atomic mass is 10.1. The van der Waals surface area contributed by atoms with Crippen molar-refractivity contribution in [1.82, 2.24) is 0 Å². The Kier molecular flexibility index (Phi) is 5.14. The molecule has 0 radical (unpaired) electrons. The fraction of sp³-hybridized carbons (Fsp3) is 0.412. The number of esters is 1. The average molecular weight is 287 g/mol. The number of rotatable bonds is 5. The molecular formula is C17H21NO3. The molecular weight excluding hydrogens is 266 g/mol. The van der Waals surface area contributed by atoms with Crippen molar-refractivity contribution in [2.24, 2.45) is 5.92 Å². The number of carbonyl (C=O) groups is 2. The average Bonchev–Trinajstić information content (AvgIpc) is 2.94. The van der Waals surface area contributed by atoms with Crippen LogP contribution in [0, 0.1) is 12.8 Å². The Balaban J connectivity index is 1.80. The zero-order valence-electron chi connectivity index (χ0n) is 12.5. The van der Waals surface area contributed by atoms with Crippen LogP contribution in [0.25, 0.3) is 0 Å². The maximum absolute atomic E-state index is 12.0. The molecule has 0 fully saturated rings. The highest BCUT2D eigenvalue weighted by Crippen LogP contribution is 2.21. The second kappa shape index (κ2) is 7.07. The number of hydrogen-bond donors (Lipinski definition) is 1. The highest BCUT2D eigenvalue weighted by molar-refractivity contribution is 5.95. The third kappa shape index (κ3) is 4.74. The molecule has 0 heterocycles. The van der Waals surface area contributed by atoms with E-state index in [0.29, 0.717) is 12.1 Å². The van der Waals surface area contributed by atoms with Crippen LogP contribution in [0.1, 0.15) is 31.7 Å². The number of nitrogens with one attached hydrogen (secondary N) is 1. The van der Waals surface area contributed by atoms with E-state index >= 15 is 0 Å². The lowest BCUT2D eigenvalue weighted by molar-refractivity contribution is -0.153. The van der Waals surface area contributed by atoms with Crippen LogP contribution in [-0.4, -0.2) is 18.0 Å². The molecule has 21 heavy (non-hydrogen) atoms. The number of aryl methyl sites for hydroxylation is 1. The van der Waals surface area contributed by atoms with Crippen molar-refractivity contribution in [3.8, 4) is 0 Å². The van der Waals surface area contributed by atoms with Gasteiger partial charge >= 0.3 is 5.97 Å². The second-order valence-electron chi connectivity index (χ2n) is 5.46. The first-order chi connectivity index (χ1) is 10.0. The van der Waals surface area contributed by atoms with Crippen molar-refractivity contribution in [2.45, 2.75) is 39.2 Å². The van der Waals surface area contributed by atoms with Crippen LogP contribution in [0.2, 0.25) is 0 Å². The largest absolute Gasteiger partial charge is 0.453 e. The van der Waals surface area contributed by atoms with Crippen LogP contribution in [0.5, 0.6) is 0 Å². The van der Waals surface area contributed by atoms with Gasteiger partial charge in [0.25, 0.3) is 5.91 Å². The Bertz CT molecular complexity index is 533. The van der Waals surface area contributed by atoms with E-state index < -0.39 is 6.10 Å². The summed E-state index contributed by atoms with van der Waals surface area (Å²) in [6, 6.07) is 7.48. The van der Waals surface area contributed by atoms with Gasteiger partial charge in [0, 0.05) is 5.69 Å². The van der Waals surface area contributed by atoms with Gasteiger partial charge in [-0.1, -0.05) is 29.8 Å². The quantitative estimate of drug-likeness (QED) is 0.668. The van der Waals surface area contributed by atoms with Gasteiger partial charge < -0.3 is 10.1 Å². The van der Waals surface area contributed by atoms with Crippen molar-refractivity contribution in [1.29, 1.82) is 0 Å². The van der Waals surface area contributed by atoms with Crippen LogP contribution < -0.4 is 5.32 Å². The Morgan fingerprint density at radius 2 is 2.05 bits per heavy atom. The smallest absolute Gasteiger partial charge is 0.307 e. The van der Waals surface area contributed by atoms with Gasteiger partial charge in [-0.3, -0.25) is 9.59 Å². The maximum Gasteiger partial charge on any atom is 0.307 e. The van der Waals surface area contributed by atoms with Crippen LogP contribution in [0.3, 0.4) is 0 Å². The monoisotopic (exact) mass is 287 g/mol. The van der Waals surface area contributed by atoms with Gasteiger partial charge in [-0.05, 0) is 44.7 Å². The number of anilines is 1. The van der Waals surface area contributed by atoms with E-state index in [2.05, 4.69) is 11.4 Å². The van der Waals surface area contributed by atoms with Gasteiger partial charge in [0.2, 0.25) is 0 Å². The summed E-state index contributed by atoms with van der Waals surface area (Å²) in [5.74, 6) is -0.378. The fourth-order valence-corrected chi connectivity index (χ4v) is 2.26. The molecule has 4 nitrogen and oxygen atoms in total. The van der Waals surface area contributed by atoms with Crippen LogP contribution in [-0.2, 0) is 14.3 Å². The molecule has 1 N–H and O–H groups in total. The van der Waals surface area contributed by atoms with Gasteiger partial charge in [-0.25, -0.2) is 0 Å². The fourth-order valence-electron chi connectivity index (χ4n) is 2.26. The maximum atomic E-state index is 12.0. The predicted octanol–water partition coefficient (Wildman–Crippen LogP) is 3.22. The Morgan fingerprint density at radius 3 is 2.67 bits per heavy atom. The highest BCUT2D eigenvalue weighted by Gasteiger charge is 2.20. The minimum atomic E-state index is -0.788. The van der Waals surface area contributed by atoms with Gasteiger partial charge in [-0.15, -0.1) is 0 Å². The molecule has 112 valence electrons. The summed E-state index contributed by atoms with van der Waals surface area (Å²) in [5.41, 5.74) is 1.82. The Morgan fingerprint density at radius 1 is 1.33 bits per heavy atom. The van der Waals surface area contributed by atoms with E-state index in [1.165, 1.54) is 0 Å². The third-order valence-corrected chi connectivity index (χ3v) is 3.54. The molecule has 0 saturated heterocycles. The molecule has 0 aromatic heterocycles. The van der Waals surface area contributed by atoms with Crippen molar-refractivity contribution in [3.05, 3.63) is 42.0 Å². The van der Waals surface area contributed by atoms with Crippen LogP contribution >= 0.6 is 0 Å². The van der Waals surface area contributed by atoms with Gasteiger partial charge in [0.15, 0.2) is 6.10 Å². The Labute approximate surface area is 125 Å². The molecule has 1 aliphatic rings. The van der Waals surface area contributed by atoms with Gasteiger partial charge in [0.05, 0.1) is 6.42 Å². The van der Waals surface area contributed by atoms with Crippen LogP contribution in [0.4, 0.5) is 5.69 Å². The lowest BCUT2D eigenvalue weighted by Gasteiger charge is -2.15. The van der Waals surface area contributed by atoms with Crippen molar-refractivity contribution in [3.63, 3.8) is 0 Å². The summed E-state index contributed by atoms with van der Waals surface area (Å²) in [4.78, 5) is 23.7. The molecule has 0 unspecified atom stereocenters. The summed E-state index contributed by atoms with van der Waals surface area (Å²) in [6.45, 7) is 3.57. The molecule has 2 rings (SSSR count). The molecule has 4 heteroatoms. The summed E-state index contributed by atoms with van der Waals surface area (Å²) in [6.07, 6.45) is 5.67. The molecule has 0 bridgehead atoms. The predicted molar refractivity (Wildman–Crippen MR) is 81.8 cm³/mol. The number of amides is 1. The van der Waals surface area contributed by atoms with Crippen LogP contribution in [0.15, 0.2) is 36.4 Å². The number of allylic oxidation sites excluding steroid dienone is 2. The summed E-state index contributed by atoms with van der Waals surface area (Å²) in [5, 5.41) is 2.74. The molecule has 0 spiro atoms. The SMILES string of the molecule is Cc1ccc(NC(=O)[C@@H](C)OC(=O)C[C@@H]2C=CCC2)cc1.